The van der Waals surface area contributed by atoms with Crippen LogP contribution in [0.4, 0.5) is 5.69 Å². The number of amides is 1. The van der Waals surface area contributed by atoms with Crippen LogP contribution in [0.15, 0.2) is 54.6 Å². The molecule has 6 heteroatoms. The summed E-state index contributed by atoms with van der Waals surface area (Å²) >= 11 is 0. The molecule has 0 spiro atoms. The monoisotopic (exact) mass is 425 g/mol. The Morgan fingerprint density at radius 3 is 2.23 bits per heavy atom. The van der Waals surface area contributed by atoms with Gasteiger partial charge in [0.05, 0.1) is 18.7 Å². The highest BCUT2D eigenvalue weighted by Crippen LogP contribution is 2.29. The van der Waals surface area contributed by atoms with Gasteiger partial charge in [-0.1, -0.05) is 42.5 Å². The van der Waals surface area contributed by atoms with E-state index < -0.39 is 29.7 Å². The molecule has 0 saturated carbocycles. The van der Waals surface area contributed by atoms with Crippen LogP contribution < -0.4 is 9.64 Å². The molecule has 0 aliphatic rings. The summed E-state index contributed by atoms with van der Waals surface area (Å²) < 4.78 is 10.8. The average Bonchev–Trinajstić information content (AvgIpc) is 2.71. The first-order chi connectivity index (χ1) is 14.7. The smallest absolute Gasteiger partial charge is 0.375 e. The first-order valence-electron chi connectivity index (χ1n) is 10.5. The molecule has 2 rings (SSSR count). The van der Waals surface area contributed by atoms with Crippen LogP contribution in [0.3, 0.4) is 0 Å². The number of ketones is 1. The number of hydrogen-bond acceptors (Lipinski definition) is 5. The number of carbonyl (C=O) groups excluding carboxylic acids is 3. The quantitative estimate of drug-likeness (QED) is 0.321. The molecule has 0 fully saturated rings. The number of aryl methyl sites for hydroxylation is 1. The molecule has 2 aromatic rings. The van der Waals surface area contributed by atoms with E-state index in [4.69, 9.17) is 9.47 Å². The van der Waals surface area contributed by atoms with Crippen molar-refractivity contribution in [1.29, 1.82) is 0 Å². The van der Waals surface area contributed by atoms with Crippen LogP contribution in [-0.2, 0) is 25.5 Å². The maximum atomic E-state index is 13.1. The van der Waals surface area contributed by atoms with Crippen molar-refractivity contribution in [2.24, 2.45) is 0 Å². The molecule has 2 aromatic carbocycles. The van der Waals surface area contributed by atoms with Crippen LogP contribution >= 0.6 is 0 Å². The van der Waals surface area contributed by atoms with Crippen molar-refractivity contribution < 1.29 is 23.9 Å². The van der Waals surface area contributed by atoms with E-state index in [2.05, 4.69) is 0 Å². The molecular weight excluding hydrogens is 394 g/mol. The number of rotatable bonds is 10. The fraction of sp³-hybridized carbons (Fsp3) is 0.400. The number of esters is 1. The molecule has 0 unspecified atom stereocenters. The van der Waals surface area contributed by atoms with Crippen molar-refractivity contribution in [2.75, 3.05) is 18.1 Å². The highest BCUT2D eigenvalue weighted by molar-refractivity contribution is 6.37. The molecule has 0 atom stereocenters. The Kier molecular flexibility index (Phi) is 8.79. The third-order valence-corrected chi connectivity index (χ3v) is 4.39. The third kappa shape index (κ3) is 7.89. The summed E-state index contributed by atoms with van der Waals surface area (Å²) in [6, 6.07) is 17.2. The minimum atomic E-state index is -0.997. The lowest BCUT2D eigenvalue weighted by Gasteiger charge is -2.25. The van der Waals surface area contributed by atoms with E-state index in [0.29, 0.717) is 31.0 Å². The highest BCUT2D eigenvalue weighted by Gasteiger charge is 2.28. The summed E-state index contributed by atoms with van der Waals surface area (Å²) in [7, 11) is 0. The molecule has 6 nitrogen and oxygen atoms in total. The second kappa shape index (κ2) is 11.3. The number of nitrogens with zero attached hydrogens (tertiary/aromatic N) is 1. The van der Waals surface area contributed by atoms with E-state index in [-0.39, 0.29) is 0 Å². The zero-order valence-corrected chi connectivity index (χ0v) is 18.7. The van der Waals surface area contributed by atoms with Gasteiger partial charge in [0.15, 0.2) is 0 Å². The summed E-state index contributed by atoms with van der Waals surface area (Å²) in [4.78, 5) is 39.0. The van der Waals surface area contributed by atoms with Crippen molar-refractivity contribution in [2.45, 2.75) is 52.6 Å². The predicted octanol–water partition coefficient (Wildman–Crippen LogP) is 4.35. The van der Waals surface area contributed by atoms with Gasteiger partial charge in [0.1, 0.15) is 11.4 Å². The van der Waals surface area contributed by atoms with Gasteiger partial charge in [0.2, 0.25) is 11.7 Å². The number of Topliss-reactive ketones (excluding diaryl/α,β-unsaturated/α-hetero) is 1. The number of para-hydroxylation sites is 2. The zero-order chi connectivity index (χ0) is 22.9. The lowest BCUT2D eigenvalue weighted by molar-refractivity contribution is -0.163. The standard InChI is InChI=1S/C25H31NO5/c1-5-30-22-16-10-9-15-20(22)26(17-11-14-19-12-7-6-8-13-19)23(28)18-21(27)24(29)31-25(2,3)4/h6-10,12-13,15-16H,5,11,14,17-18H2,1-4H3. The van der Waals surface area contributed by atoms with Gasteiger partial charge in [-0.05, 0) is 58.2 Å². The van der Waals surface area contributed by atoms with Gasteiger partial charge < -0.3 is 14.4 Å². The summed E-state index contributed by atoms with van der Waals surface area (Å²) in [5.74, 6) is -1.76. The van der Waals surface area contributed by atoms with Gasteiger partial charge in [-0.25, -0.2) is 4.79 Å². The van der Waals surface area contributed by atoms with Crippen LogP contribution in [0.1, 0.15) is 46.1 Å². The van der Waals surface area contributed by atoms with E-state index in [1.807, 2.05) is 49.4 Å². The molecule has 0 aliphatic heterocycles. The molecular formula is C25H31NO5. The van der Waals surface area contributed by atoms with Crippen LogP contribution in [-0.4, -0.2) is 36.4 Å². The lowest BCUT2D eigenvalue weighted by atomic mass is 10.1. The second-order valence-electron chi connectivity index (χ2n) is 8.14. The maximum Gasteiger partial charge on any atom is 0.375 e. The van der Waals surface area contributed by atoms with Crippen LogP contribution in [0.5, 0.6) is 5.75 Å². The number of carbonyl (C=O) groups is 3. The zero-order valence-electron chi connectivity index (χ0n) is 18.7. The Bertz CT molecular complexity index is 886. The molecule has 0 saturated heterocycles. The Morgan fingerprint density at radius 1 is 0.935 bits per heavy atom. The van der Waals surface area contributed by atoms with E-state index in [1.54, 1.807) is 32.9 Å². The fourth-order valence-electron chi connectivity index (χ4n) is 3.06. The largest absolute Gasteiger partial charge is 0.492 e. The minimum absolute atomic E-state index is 0.388. The van der Waals surface area contributed by atoms with Gasteiger partial charge >= 0.3 is 5.97 Å². The SMILES string of the molecule is CCOc1ccccc1N(CCCc1ccccc1)C(=O)CC(=O)C(=O)OC(C)(C)C. The molecule has 0 aromatic heterocycles. The van der Waals surface area contributed by atoms with Gasteiger partial charge in [-0.2, -0.15) is 0 Å². The van der Waals surface area contributed by atoms with Crippen molar-refractivity contribution in [1.82, 2.24) is 0 Å². The minimum Gasteiger partial charge on any atom is -0.492 e. The molecule has 0 heterocycles. The fourth-order valence-corrected chi connectivity index (χ4v) is 3.06. The van der Waals surface area contributed by atoms with Crippen molar-refractivity contribution >= 4 is 23.3 Å². The van der Waals surface area contributed by atoms with Crippen LogP contribution in [0.2, 0.25) is 0 Å². The number of hydrogen-bond donors (Lipinski definition) is 0. The predicted molar refractivity (Wildman–Crippen MR) is 120 cm³/mol. The van der Waals surface area contributed by atoms with Gasteiger partial charge in [0.25, 0.3) is 0 Å². The summed E-state index contributed by atoms with van der Waals surface area (Å²) in [5.41, 5.74) is 0.949. The van der Waals surface area contributed by atoms with Crippen molar-refractivity contribution in [3.63, 3.8) is 0 Å². The Labute approximate surface area is 184 Å². The lowest BCUT2D eigenvalue weighted by Crippen LogP contribution is -2.37. The van der Waals surface area contributed by atoms with Gasteiger partial charge in [-0.15, -0.1) is 0 Å². The maximum absolute atomic E-state index is 13.1. The third-order valence-electron chi connectivity index (χ3n) is 4.39. The van der Waals surface area contributed by atoms with Crippen LogP contribution in [0, 0.1) is 0 Å². The average molecular weight is 426 g/mol. The van der Waals surface area contributed by atoms with Gasteiger partial charge in [-0.3, -0.25) is 9.59 Å². The summed E-state index contributed by atoms with van der Waals surface area (Å²) in [6.07, 6.45) is 0.916. The van der Waals surface area contributed by atoms with Crippen molar-refractivity contribution in [3.8, 4) is 5.75 Å². The van der Waals surface area contributed by atoms with Gasteiger partial charge in [0, 0.05) is 6.54 Å². The number of ether oxygens (including phenoxy) is 2. The van der Waals surface area contributed by atoms with E-state index >= 15 is 0 Å². The Hall–Kier alpha value is -3.15. The topological polar surface area (TPSA) is 72.9 Å². The first-order valence-corrected chi connectivity index (χ1v) is 10.5. The number of benzene rings is 2. The Balaban J connectivity index is 2.17. The molecule has 31 heavy (non-hydrogen) atoms. The molecule has 0 radical (unpaired) electrons. The molecule has 1 amide bonds. The Morgan fingerprint density at radius 2 is 1.58 bits per heavy atom. The number of anilines is 1. The van der Waals surface area contributed by atoms with Crippen molar-refractivity contribution in [3.05, 3.63) is 60.2 Å². The van der Waals surface area contributed by atoms with E-state index in [1.165, 1.54) is 4.90 Å². The molecule has 0 N–H and O–H groups in total. The second-order valence-corrected chi connectivity index (χ2v) is 8.14. The molecule has 166 valence electrons. The summed E-state index contributed by atoms with van der Waals surface area (Å²) in [6.45, 7) is 7.72. The normalized spacial score (nSPS) is 11.0. The molecule has 0 aliphatic carbocycles. The summed E-state index contributed by atoms with van der Waals surface area (Å²) in [5, 5.41) is 0. The van der Waals surface area contributed by atoms with E-state index in [9.17, 15) is 14.4 Å². The highest BCUT2D eigenvalue weighted by atomic mass is 16.6. The van der Waals surface area contributed by atoms with Crippen LogP contribution in [0.25, 0.3) is 0 Å². The first kappa shape index (κ1) is 24.1. The van der Waals surface area contributed by atoms with E-state index in [0.717, 1.165) is 12.0 Å². The molecule has 0 bridgehead atoms.